The number of hydrogen-bond donors (Lipinski definition) is 1. The zero-order valence-electron chi connectivity index (χ0n) is 16.4. The highest BCUT2D eigenvalue weighted by atomic mass is 16.5. The van der Waals surface area contributed by atoms with Crippen LogP contribution in [0.1, 0.15) is 49.0 Å². The molecule has 0 bridgehead atoms. The number of anilines is 1. The SMILES string of the molecule is CCCCOc1ccccc1/C=C/C(=O)Nc1cccc(C(=O)OCCC)c1. The van der Waals surface area contributed by atoms with Crippen molar-refractivity contribution < 1.29 is 19.1 Å². The molecule has 2 aromatic carbocycles. The normalized spacial score (nSPS) is 10.6. The minimum absolute atomic E-state index is 0.289. The van der Waals surface area contributed by atoms with Crippen molar-refractivity contribution in [3.8, 4) is 5.75 Å². The maximum Gasteiger partial charge on any atom is 0.338 e. The monoisotopic (exact) mass is 381 g/mol. The van der Waals surface area contributed by atoms with E-state index in [0.717, 1.165) is 30.6 Å². The third-order valence-corrected chi connectivity index (χ3v) is 3.89. The Labute approximate surface area is 166 Å². The van der Waals surface area contributed by atoms with Crippen molar-refractivity contribution in [2.24, 2.45) is 0 Å². The van der Waals surface area contributed by atoms with E-state index < -0.39 is 5.97 Å². The number of carbonyl (C=O) groups excluding carboxylic acids is 2. The van der Waals surface area contributed by atoms with Crippen molar-refractivity contribution in [3.63, 3.8) is 0 Å². The Morgan fingerprint density at radius 2 is 1.82 bits per heavy atom. The third kappa shape index (κ3) is 6.91. The van der Waals surface area contributed by atoms with E-state index in [1.165, 1.54) is 6.08 Å². The van der Waals surface area contributed by atoms with E-state index in [2.05, 4.69) is 12.2 Å². The van der Waals surface area contributed by atoms with Crippen LogP contribution < -0.4 is 10.1 Å². The van der Waals surface area contributed by atoms with Gasteiger partial charge < -0.3 is 14.8 Å². The summed E-state index contributed by atoms with van der Waals surface area (Å²) in [7, 11) is 0. The van der Waals surface area contributed by atoms with Crippen molar-refractivity contribution >= 4 is 23.6 Å². The molecule has 0 unspecified atom stereocenters. The second kappa shape index (κ2) is 11.6. The molecule has 5 nitrogen and oxygen atoms in total. The highest BCUT2D eigenvalue weighted by Gasteiger charge is 2.08. The van der Waals surface area contributed by atoms with Crippen LogP contribution >= 0.6 is 0 Å². The van der Waals surface area contributed by atoms with Gasteiger partial charge in [0, 0.05) is 17.3 Å². The van der Waals surface area contributed by atoms with Crippen LogP contribution in [0.3, 0.4) is 0 Å². The van der Waals surface area contributed by atoms with Crippen LogP contribution in [0.2, 0.25) is 0 Å². The predicted octanol–water partition coefficient (Wildman–Crippen LogP) is 5.08. The van der Waals surface area contributed by atoms with Gasteiger partial charge in [-0.3, -0.25) is 4.79 Å². The highest BCUT2D eigenvalue weighted by Crippen LogP contribution is 2.20. The van der Waals surface area contributed by atoms with E-state index in [0.29, 0.717) is 24.5 Å². The number of carbonyl (C=O) groups is 2. The minimum Gasteiger partial charge on any atom is -0.493 e. The summed E-state index contributed by atoms with van der Waals surface area (Å²) >= 11 is 0. The summed E-state index contributed by atoms with van der Waals surface area (Å²) in [4.78, 5) is 24.2. The fourth-order valence-corrected chi connectivity index (χ4v) is 2.43. The predicted molar refractivity (Wildman–Crippen MR) is 112 cm³/mol. The van der Waals surface area contributed by atoms with Gasteiger partial charge in [-0.25, -0.2) is 4.79 Å². The van der Waals surface area contributed by atoms with Crippen molar-refractivity contribution in [3.05, 3.63) is 65.7 Å². The maximum absolute atomic E-state index is 12.3. The quantitative estimate of drug-likeness (QED) is 0.354. The van der Waals surface area contributed by atoms with Crippen LogP contribution in [0, 0.1) is 0 Å². The highest BCUT2D eigenvalue weighted by molar-refractivity contribution is 6.02. The minimum atomic E-state index is -0.397. The maximum atomic E-state index is 12.3. The van der Waals surface area contributed by atoms with Gasteiger partial charge in [-0.2, -0.15) is 0 Å². The number of benzene rings is 2. The van der Waals surface area contributed by atoms with E-state index in [1.807, 2.05) is 31.2 Å². The summed E-state index contributed by atoms with van der Waals surface area (Å²) < 4.78 is 10.9. The lowest BCUT2D eigenvalue weighted by molar-refractivity contribution is -0.111. The van der Waals surface area contributed by atoms with Gasteiger partial charge in [0.05, 0.1) is 18.8 Å². The molecule has 5 heteroatoms. The average molecular weight is 381 g/mol. The van der Waals surface area contributed by atoms with Gasteiger partial charge in [-0.1, -0.05) is 44.5 Å². The van der Waals surface area contributed by atoms with Gasteiger partial charge in [0.15, 0.2) is 0 Å². The van der Waals surface area contributed by atoms with E-state index in [-0.39, 0.29) is 5.91 Å². The molecule has 0 aliphatic rings. The van der Waals surface area contributed by atoms with Gasteiger partial charge in [-0.15, -0.1) is 0 Å². The number of amides is 1. The molecular weight excluding hydrogens is 354 g/mol. The zero-order chi connectivity index (χ0) is 20.2. The number of para-hydroxylation sites is 1. The molecule has 0 aliphatic carbocycles. The molecule has 28 heavy (non-hydrogen) atoms. The van der Waals surface area contributed by atoms with E-state index in [9.17, 15) is 9.59 Å². The van der Waals surface area contributed by atoms with E-state index in [4.69, 9.17) is 9.47 Å². The average Bonchev–Trinajstić information content (AvgIpc) is 2.71. The fraction of sp³-hybridized carbons (Fsp3) is 0.304. The van der Waals surface area contributed by atoms with Crippen LogP contribution in [-0.2, 0) is 9.53 Å². The second-order valence-corrected chi connectivity index (χ2v) is 6.28. The Morgan fingerprint density at radius 1 is 1.00 bits per heavy atom. The van der Waals surface area contributed by atoms with Crippen LogP contribution in [0.4, 0.5) is 5.69 Å². The van der Waals surface area contributed by atoms with Crippen LogP contribution in [0.15, 0.2) is 54.6 Å². The molecule has 0 saturated heterocycles. The molecule has 0 spiro atoms. The summed E-state index contributed by atoms with van der Waals surface area (Å²) in [6.45, 7) is 5.06. The van der Waals surface area contributed by atoms with Crippen molar-refractivity contribution in [1.29, 1.82) is 0 Å². The Balaban J connectivity index is 2.00. The molecule has 0 aromatic heterocycles. The van der Waals surface area contributed by atoms with E-state index >= 15 is 0 Å². The van der Waals surface area contributed by atoms with Crippen molar-refractivity contribution in [1.82, 2.24) is 0 Å². The number of hydrogen-bond acceptors (Lipinski definition) is 4. The third-order valence-electron chi connectivity index (χ3n) is 3.89. The van der Waals surface area contributed by atoms with Gasteiger partial charge >= 0.3 is 5.97 Å². The number of nitrogens with one attached hydrogen (secondary N) is 1. The van der Waals surface area contributed by atoms with Gasteiger partial charge in [0.1, 0.15) is 5.75 Å². The first-order valence-corrected chi connectivity index (χ1v) is 9.62. The zero-order valence-corrected chi connectivity index (χ0v) is 16.4. The molecule has 0 aliphatic heterocycles. The fourth-order valence-electron chi connectivity index (χ4n) is 2.43. The topological polar surface area (TPSA) is 64.6 Å². The molecule has 1 N–H and O–H groups in total. The van der Waals surface area contributed by atoms with Gasteiger partial charge in [0.25, 0.3) is 0 Å². The lowest BCUT2D eigenvalue weighted by Gasteiger charge is -2.08. The Morgan fingerprint density at radius 3 is 2.61 bits per heavy atom. The van der Waals surface area contributed by atoms with E-state index in [1.54, 1.807) is 30.3 Å². The van der Waals surface area contributed by atoms with Gasteiger partial charge in [0.2, 0.25) is 5.91 Å². The molecule has 2 rings (SSSR count). The Kier molecular flexibility index (Phi) is 8.79. The molecule has 0 radical (unpaired) electrons. The molecule has 2 aromatic rings. The number of ether oxygens (including phenoxy) is 2. The standard InChI is InChI=1S/C23H27NO4/c1-3-5-16-27-21-12-7-6-9-18(21)13-14-22(25)24-20-11-8-10-19(17-20)23(26)28-15-4-2/h6-14,17H,3-5,15-16H2,1-2H3,(H,24,25)/b14-13+. The molecule has 0 fully saturated rings. The molecule has 0 saturated carbocycles. The molecular formula is C23H27NO4. The first kappa shape index (κ1) is 21.2. The Bertz CT molecular complexity index is 814. The second-order valence-electron chi connectivity index (χ2n) is 6.28. The molecule has 1 amide bonds. The van der Waals surface area contributed by atoms with Crippen LogP contribution in [0.25, 0.3) is 6.08 Å². The largest absolute Gasteiger partial charge is 0.493 e. The summed E-state index contributed by atoms with van der Waals surface area (Å²) in [5, 5.41) is 2.76. The molecule has 0 atom stereocenters. The van der Waals surface area contributed by atoms with Crippen LogP contribution in [0.5, 0.6) is 5.75 Å². The summed E-state index contributed by atoms with van der Waals surface area (Å²) in [5.74, 6) is 0.0646. The van der Waals surface area contributed by atoms with Crippen LogP contribution in [-0.4, -0.2) is 25.1 Å². The summed E-state index contributed by atoms with van der Waals surface area (Å²) in [6.07, 6.45) is 5.97. The molecule has 148 valence electrons. The number of esters is 1. The molecule has 0 heterocycles. The Hall–Kier alpha value is -3.08. The van der Waals surface area contributed by atoms with Crippen molar-refractivity contribution in [2.75, 3.05) is 18.5 Å². The van der Waals surface area contributed by atoms with Gasteiger partial charge in [-0.05, 0) is 43.2 Å². The summed E-state index contributed by atoms with van der Waals surface area (Å²) in [6, 6.07) is 14.3. The smallest absolute Gasteiger partial charge is 0.338 e. The lowest BCUT2D eigenvalue weighted by Crippen LogP contribution is -2.10. The lowest BCUT2D eigenvalue weighted by atomic mass is 10.1. The van der Waals surface area contributed by atoms with Crippen molar-refractivity contribution in [2.45, 2.75) is 33.1 Å². The first-order valence-electron chi connectivity index (χ1n) is 9.62. The number of rotatable bonds is 10. The first-order chi connectivity index (χ1) is 13.6. The summed E-state index contributed by atoms with van der Waals surface area (Å²) in [5.41, 5.74) is 1.78. The number of unbranched alkanes of at least 4 members (excludes halogenated alkanes) is 1.